The van der Waals surface area contributed by atoms with Crippen LogP contribution in [0.15, 0.2) is 48.5 Å². The molecule has 0 aromatic heterocycles. The second-order valence-corrected chi connectivity index (χ2v) is 4.23. The molecule has 2 rings (SSSR count). The highest BCUT2D eigenvalue weighted by Gasteiger charge is 2.19. The Labute approximate surface area is 115 Å². The summed E-state index contributed by atoms with van der Waals surface area (Å²) in [5.74, 6) is -1.47. The molecule has 0 aliphatic carbocycles. The Hall–Kier alpha value is -2.27. The van der Waals surface area contributed by atoms with Crippen molar-refractivity contribution in [1.82, 2.24) is 0 Å². The number of carbonyl (C=O) groups is 1. The van der Waals surface area contributed by atoms with Crippen molar-refractivity contribution in [2.45, 2.75) is 6.54 Å². The molecule has 0 saturated heterocycles. The van der Waals surface area contributed by atoms with Gasteiger partial charge in [-0.15, -0.1) is 0 Å². The molecule has 104 valence electrons. The van der Waals surface area contributed by atoms with E-state index in [-0.39, 0.29) is 18.8 Å². The maximum Gasteiger partial charge on any atom is 0.241 e. The van der Waals surface area contributed by atoms with Gasteiger partial charge in [-0.2, -0.15) is 0 Å². The summed E-state index contributed by atoms with van der Waals surface area (Å²) in [7, 11) is 0. The lowest BCUT2D eigenvalue weighted by atomic mass is 10.1. The van der Waals surface area contributed by atoms with Gasteiger partial charge in [-0.05, 0) is 18.2 Å². The molecule has 2 aromatic carbocycles. The largest absolute Gasteiger partial charge is 0.322 e. The van der Waals surface area contributed by atoms with Gasteiger partial charge in [0.25, 0.3) is 0 Å². The normalized spacial score (nSPS) is 10.3. The maximum atomic E-state index is 13.8. The van der Waals surface area contributed by atoms with E-state index in [1.165, 1.54) is 24.3 Å². The van der Waals surface area contributed by atoms with E-state index in [9.17, 15) is 13.6 Å². The van der Waals surface area contributed by atoms with Gasteiger partial charge >= 0.3 is 0 Å². The van der Waals surface area contributed by atoms with Crippen LogP contribution in [0.5, 0.6) is 0 Å². The zero-order chi connectivity index (χ0) is 14.5. The van der Waals surface area contributed by atoms with E-state index < -0.39 is 17.5 Å². The predicted octanol–water partition coefficient (Wildman–Crippen LogP) is 2.46. The second-order valence-electron chi connectivity index (χ2n) is 4.23. The van der Waals surface area contributed by atoms with Crippen LogP contribution < -0.4 is 10.6 Å². The first kappa shape index (κ1) is 14.1. The fraction of sp³-hybridized carbons (Fsp3) is 0.133. The molecule has 0 aliphatic rings. The average molecular weight is 276 g/mol. The van der Waals surface area contributed by atoms with Gasteiger partial charge in [0.2, 0.25) is 5.91 Å². The summed E-state index contributed by atoms with van der Waals surface area (Å²) in [6.45, 7) is -0.341. The standard InChI is InChI=1S/C15H14F2N2O/c16-12-6-2-1-5-11(12)10-19(15(20)9-18)14-8-4-3-7-13(14)17/h1-8H,9-10,18H2. The third-order valence-electron chi connectivity index (χ3n) is 2.91. The van der Waals surface area contributed by atoms with E-state index in [1.807, 2.05) is 0 Å². The van der Waals surface area contributed by atoms with Gasteiger partial charge in [0.15, 0.2) is 0 Å². The van der Waals surface area contributed by atoms with E-state index in [4.69, 9.17) is 5.73 Å². The second kappa shape index (κ2) is 6.25. The number of hydrogen-bond acceptors (Lipinski definition) is 2. The first-order valence-corrected chi connectivity index (χ1v) is 6.12. The molecule has 0 saturated carbocycles. The van der Waals surface area contributed by atoms with Gasteiger partial charge in [0.1, 0.15) is 11.6 Å². The smallest absolute Gasteiger partial charge is 0.241 e. The van der Waals surface area contributed by atoms with Gasteiger partial charge < -0.3 is 10.6 Å². The third-order valence-corrected chi connectivity index (χ3v) is 2.91. The minimum atomic E-state index is -0.550. The average Bonchev–Trinajstić information content (AvgIpc) is 2.47. The fourth-order valence-electron chi connectivity index (χ4n) is 1.89. The highest BCUT2D eigenvalue weighted by atomic mass is 19.1. The fourth-order valence-corrected chi connectivity index (χ4v) is 1.89. The monoisotopic (exact) mass is 276 g/mol. The first-order chi connectivity index (χ1) is 9.63. The maximum absolute atomic E-state index is 13.8. The summed E-state index contributed by atoms with van der Waals surface area (Å²) in [5.41, 5.74) is 5.74. The Balaban J connectivity index is 2.37. The van der Waals surface area contributed by atoms with Crippen molar-refractivity contribution in [3.8, 4) is 0 Å². The summed E-state index contributed by atoms with van der Waals surface area (Å²) >= 11 is 0. The zero-order valence-corrected chi connectivity index (χ0v) is 10.7. The summed E-state index contributed by atoms with van der Waals surface area (Å²) in [6.07, 6.45) is 0. The Bertz CT molecular complexity index is 616. The van der Waals surface area contributed by atoms with Gasteiger partial charge in [0.05, 0.1) is 18.8 Å². The topological polar surface area (TPSA) is 46.3 Å². The molecular weight excluding hydrogens is 262 g/mol. The Morgan fingerprint density at radius 3 is 2.20 bits per heavy atom. The number of benzene rings is 2. The molecule has 0 radical (unpaired) electrons. The molecule has 0 fully saturated rings. The number of rotatable bonds is 4. The number of para-hydroxylation sites is 1. The van der Waals surface area contributed by atoms with Crippen molar-refractivity contribution in [1.29, 1.82) is 0 Å². The highest BCUT2D eigenvalue weighted by Crippen LogP contribution is 2.22. The molecule has 3 nitrogen and oxygen atoms in total. The molecule has 0 heterocycles. The molecule has 0 unspecified atom stereocenters. The lowest BCUT2D eigenvalue weighted by molar-refractivity contribution is -0.117. The molecule has 0 spiro atoms. The molecule has 2 aromatic rings. The van der Waals surface area contributed by atoms with Gasteiger partial charge in [-0.3, -0.25) is 4.79 Å². The van der Waals surface area contributed by atoms with Crippen molar-refractivity contribution in [2.75, 3.05) is 11.4 Å². The van der Waals surface area contributed by atoms with E-state index in [0.29, 0.717) is 5.56 Å². The molecule has 5 heteroatoms. The molecule has 0 atom stereocenters. The zero-order valence-electron chi connectivity index (χ0n) is 10.7. The van der Waals surface area contributed by atoms with Crippen LogP contribution in [0.4, 0.5) is 14.5 Å². The van der Waals surface area contributed by atoms with Crippen molar-refractivity contribution in [2.24, 2.45) is 5.73 Å². The number of carbonyl (C=O) groups excluding carboxylic acids is 1. The van der Waals surface area contributed by atoms with Crippen LogP contribution >= 0.6 is 0 Å². The van der Waals surface area contributed by atoms with Gasteiger partial charge in [0, 0.05) is 5.56 Å². The number of amides is 1. The van der Waals surface area contributed by atoms with Crippen LogP contribution in [0.25, 0.3) is 0 Å². The van der Waals surface area contributed by atoms with Crippen molar-refractivity contribution >= 4 is 11.6 Å². The van der Waals surface area contributed by atoms with Gasteiger partial charge in [-0.25, -0.2) is 8.78 Å². The van der Waals surface area contributed by atoms with Crippen LogP contribution in [0.1, 0.15) is 5.56 Å². The molecule has 0 aliphatic heterocycles. The van der Waals surface area contributed by atoms with E-state index >= 15 is 0 Å². The quantitative estimate of drug-likeness (QED) is 0.932. The predicted molar refractivity (Wildman–Crippen MR) is 73.0 cm³/mol. The minimum Gasteiger partial charge on any atom is -0.322 e. The third kappa shape index (κ3) is 3.00. The highest BCUT2D eigenvalue weighted by molar-refractivity contribution is 5.94. The number of anilines is 1. The molecule has 1 amide bonds. The Morgan fingerprint density at radius 1 is 1.00 bits per heavy atom. The first-order valence-electron chi connectivity index (χ1n) is 6.12. The van der Waals surface area contributed by atoms with E-state index in [1.54, 1.807) is 24.3 Å². The van der Waals surface area contributed by atoms with Crippen molar-refractivity contribution in [3.05, 3.63) is 65.7 Å². The van der Waals surface area contributed by atoms with Gasteiger partial charge in [-0.1, -0.05) is 30.3 Å². The Morgan fingerprint density at radius 2 is 1.60 bits per heavy atom. The lowest BCUT2D eigenvalue weighted by Gasteiger charge is -2.23. The van der Waals surface area contributed by atoms with E-state index in [2.05, 4.69) is 0 Å². The number of halogens is 2. The van der Waals surface area contributed by atoms with Crippen LogP contribution in [-0.2, 0) is 11.3 Å². The molecule has 2 N–H and O–H groups in total. The molecular formula is C15H14F2N2O. The summed E-state index contributed by atoms with van der Waals surface area (Å²) in [6, 6.07) is 11.9. The van der Waals surface area contributed by atoms with Crippen molar-refractivity contribution < 1.29 is 13.6 Å². The Kier molecular flexibility index (Phi) is 4.42. The number of hydrogen-bond donors (Lipinski definition) is 1. The van der Waals surface area contributed by atoms with Crippen LogP contribution in [-0.4, -0.2) is 12.5 Å². The molecule has 0 bridgehead atoms. The number of nitrogens with zero attached hydrogens (tertiary/aromatic N) is 1. The van der Waals surface area contributed by atoms with Crippen LogP contribution in [0, 0.1) is 11.6 Å². The summed E-state index contributed by atoms with van der Waals surface area (Å²) in [5, 5.41) is 0. The summed E-state index contributed by atoms with van der Waals surface area (Å²) < 4.78 is 27.5. The minimum absolute atomic E-state index is 0.0658. The van der Waals surface area contributed by atoms with Crippen molar-refractivity contribution in [3.63, 3.8) is 0 Å². The van der Waals surface area contributed by atoms with Crippen LogP contribution in [0.3, 0.4) is 0 Å². The number of nitrogens with two attached hydrogens (primary N) is 1. The lowest BCUT2D eigenvalue weighted by Crippen LogP contribution is -2.36. The van der Waals surface area contributed by atoms with E-state index in [0.717, 1.165) is 4.90 Å². The molecule has 20 heavy (non-hydrogen) atoms. The summed E-state index contributed by atoms with van der Waals surface area (Å²) in [4.78, 5) is 13.0. The van der Waals surface area contributed by atoms with Crippen LogP contribution in [0.2, 0.25) is 0 Å². The SMILES string of the molecule is NCC(=O)N(Cc1ccccc1F)c1ccccc1F.